The summed E-state index contributed by atoms with van der Waals surface area (Å²) in [7, 11) is 0. The molecule has 122 valence electrons. The Balaban J connectivity index is 1.50. The summed E-state index contributed by atoms with van der Waals surface area (Å²) < 4.78 is 0. The smallest absolute Gasteiger partial charge is 0.269 e. The Hall–Kier alpha value is -3.22. The first kappa shape index (κ1) is 15.7. The highest BCUT2D eigenvalue weighted by molar-refractivity contribution is 5.97. The molecule has 7 nitrogen and oxygen atoms in total. The molecular formula is C17H17N5O2. The van der Waals surface area contributed by atoms with Crippen molar-refractivity contribution < 1.29 is 9.59 Å². The highest BCUT2D eigenvalue weighted by Gasteiger charge is 2.09. The summed E-state index contributed by atoms with van der Waals surface area (Å²) in [5.74, 6) is 0.343. The molecule has 0 unspecified atom stereocenters. The lowest BCUT2D eigenvalue weighted by Gasteiger charge is -2.07. The van der Waals surface area contributed by atoms with Gasteiger partial charge in [-0.3, -0.25) is 14.6 Å². The summed E-state index contributed by atoms with van der Waals surface area (Å²) in [6.45, 7) is 2.52. The summed E-state index contributed by atoms with van der Waals surface area (Å²) >= 11 is 0. The number of aromatic amines is 1. The zero-order chi connectivity index (χ0) is 16.9. The normalized spacial score (nSPS) is 10.5. The Morgan fingerprint density at radius 1 is 1.08 bits per heavy atom. The van der Waals surface area contributed by atoms with Crippen LogP contribution in [0.4, 0.5) is 0 Å². The Morgan fingerprint density at radius 2 is 1.88 bits per heavy atom. The van der Waals surface area contributed by atoms with Crippen LogP contribution in [-0.4, -0.2) is 39.9 Å². The maximum Gasteiger partial charge on any atom is 0.269 e. The van der Waals surface area contributed by atoms with Gasteiger partial charge in [0.15, 0.2) is 0 Å². The first-order valence-electron chi connectivity index (χ1n) is 7.57. The molecule has 24 heavy (non-hydrogen) atoms. The lowest BCUT2D eigenvalue weighted by atomic mass is 10.2. The SMILES string of the molecule is Cc1nc2ccc(C(=O)NCCNC(=O)c3ccccn3)cc2[nH]1. The average Bonchev–Trinajstić information content (AvgIpc) is 2.98. The number of aryl methyl sites for hydroxylation is 1. The molecule has 0 saturated heterocycles. The number of rotatable bonds is 5. The number of fused-ring (bicyclic) bond motifs is 1. The van der Waals surface area contributed by atoms with Gasteiger partial charge < -0.3 is 15.6 Å². The van der Waals surface area contributed by atoms with Gasteiger partial charge in [-0.25, -0.2) is 4.98 Å². The number of carbonyl (C=O) groups is 2. The molecule has 1 aromatic carbocycles. The molecule has 0 atom stereocenters. The van der Waals surface area contributed by atoms with Crippen molar-refractivity contribution in [3.8, 4) is 0 Å². The molecule has 0 aliphatic rings. The molecule has 3 N–H and O–H groups in total. The predicted molar refractivity (Wildman–Crippen MR) is 89.7 cm³/mol. The summed E-state index contributed by atoms with van der Waals surface area (Å²) in [5, 5.41) is 5.48. The largest absolute Gasteiger partial charge is 0.350 e. The van der Waals surface area contributed by atoms with Gasteiger partial charge in [-0.15, -0.1) is 0 Å². The molecule has 2 heterocycles. The summed E-state index contributed by atoms with van der Waals surface area (Å²) in [4.78, 5) is 35.3. The molecule has 0 aliphatic carbocycles. The second-order valence-electron chi connectivity index (χ2n) is 5.28. The van der Waals surface area contributed by atoms with Crippen LogP contribution in [-0.2, 0) is 0 Å². The lowest BCUT2D eigenvalue weighted by molar-refractivity contribution is 0.0925. The number of pyridine rings is 1. The molecule has 3 aromatic rings. The number of H-pyrrole nitrogens is 1. The molecule has 0 spiro atoms. The number of amides is 2. The monoisotopic (exact) mass is 323 g/mol. The van der Waals surface area contributed by atoms with Crippen LogP contribution in [0.5, 0.6) is 0 Å². The van der Waals surface area contributed by atoms with Crippen molar-refractivity contribution in [1.29, 1.82) is 0 Å². The fourth-order valence-corrected chi connectivity index (χ4v) is 2.32. The van der Waals surface area contributed by atoms with E-state index in [1.807, 2.05) is 6.92 Å². The van der Waals surface area contributed by atoms with E-state index in [2.05, 4.69) is 25.6 Å². The van der Waals surface area contributed by atoms with Gasteiger partial charge >= 0.3 is 0 Å². The zero-order valence-corrected chi connectivity index (χ0v) is 13.2. The quantitative estimate of drug-likeness (QED) is 0.618. The van der Waals surface area contributed by atoms with Crippen LogP contribution < -0.4 is 10.6 Å². The Bertz CT molecular complexity index is 873. The van der Waals surface area contributed by atoms with E-state index in [4.69, 9.17) is 0 Å². The lowest BCUT2D eigenvalue weighted by Crippen LogP contribution is -2.34. The van der Waals surface area contributed by atoms with E-state index in [9.17, 15) is 9.59 Å². The number of benzene rings is 1. The maximum absolute atomic E-state index is 12.1. The molecule has 0 radical (unpaired) electrons. The number of carbonyl (C=O) groups excluding carboxylic acids is 2. The van der Waals surface area contributed by atoms with Crippen molar-refractivity contribution in [2.24, 2.45) is 0 Å². The van der Waals surface area contributed by atoms with E-state index >= 15 is 0 Å². The number of hydrogen-bond donors (Lipinski definition) is 3. The Morgan fingerprint density at radius 3 is 2.62 bits per heavy atom. The van der Waals surface area contributed by atoms with Crippen LogP contribution in [0, 0.1) is 6.92 Å². The molecule has 0 bridgehead atoms. The third-order valence-corrected chi connectivity index (χ3v) is 3.46. The first-order chi connectivity index (χ1) is 11.6. The summed E-state index contributed by atoms with van der Waals surface area (Å²) in [6.07, 6.45) is 1.56. The van der Waals surface area contributed by atoms with Gasteiger partial charge in [0.25, 0.3) is 11.8 Å². The van der Waals surface area contributed by atoms with Crippen molar-refractivity contribution in [2.75, 3.05) is 13.1 Å². The zero-order valence-electron chi connectivity index (χ0n) is 13.2. The van der Waals surface area contributed by atoms with Crippen molar-refractivity contribution >= 4 is 22.8 Å². The van der Waals surface area contributed by atoms with Gasteiger partial charge in [0.2, 0.25) is 0 Å². The van der Waals surface area contributed by atoms with E-state index in [1.54, 1.807) is 42.6 Å². The summed E-state index contributed by atoms with van der Waals surface area (Å²) in [5.41, 5.74) is 2.54. The van der Waals surface area contributed by atoms with Gasteiger partial charge in [0.05, 0.1) is 11.0 Å². The van der Waals surface area contributed by atoms with Crippen LogP contribution in [0.3, 0.4) is 0 Å². The Kier molecular flexibility index (Phi) is 4.51. The van der Waals surface area contributed by atoms with Crippen molar-refractivity contribution in [3.05, 3.63) is 59.7 Å². The Labute approximate surface area is 138 Å². The molecular weight excluding hydrogens is 306 g/mol. The summed E-state index contributed by atoms with van der Waals surface area (Å²) in [6, 6.07) is 10.4. The van der Waals surface area contributed by atoms with Crippen LogP contribution in [0.2, 0.25) is 0 Å². The van der Waals surface area contributed by atoms with Gasteiger partial charge in [-0.1, -0.05) is 6.07 Å². The minimum atomic E-state index is -0.265. The first-order valence-corrected chi connectivity index (χ1v) is 7.57. The standard InChI is InChI=1S/C17H17N5O2/c1-11-21-13-6-5-12(10-15(13)22-11)16(23)19-8-9-20-17(24)14-4-2-3-7-18-14/h2-7,10H,8-9H2,1H3,(H,19,23)(H,20,24)(H,21,22). The molecule has 2 aromatic heterocycles. The van der Waals surface area contributed by atoms with Crippen LogP contribution in [0.1, 0.15) is 26.7 Å². The van der Waals surface area contributed by atoms with Crippen molar-refractivity contribution in [3.63, 3.8) is 0 Å². The van der Waals surface area contributed by atoms with Crippen LogP contribution >= 0.6 is 0 Å². The fourth-order valence-electron chi connectivity index (χ4n) is 2.32. The van der Waals surface area contributed by atoms with E-state index < -0.39 is 0 Å². The topological polar surface area (TPSA) is 99.8 Å². The third kappa shape index (κ3) is 3.57. The van der Waals surface area contributed by atoms with Crippen molar-refractivity contribution in [1.82, 2.24) is 25.6 Å². The second kappa shape index (κ2) is 6.91. The average molecular weight is 323 g/mol. The number of imidazole rings is 1. The number of hydrogen-bond acceptors (Lipinski definition) is 4. The minimum absolute atomic E-state index is 0.198. The predicted octanol–water partition coefficient (Wildman–Crippen LogP) is 1.43. The van der Waals surface area contributed by atoms with Gasteiger partial charge in [-0.2, -0.15) is 0 Å². The third-order valence-electron chi connectivity index (χ3n) is 3.46. The van der Waals surface area contributed by atoms with Gasteiger partial charge in [-0.05, 0) is 37.3 Å². The van der Waals surface area contributed by atoms with E-state index in [0.29, 0.717) is 24.3 Å². The molecule has 0 aliphatic heterocycles. The van der Waals surface area contributed by atoms with Gasteiger partial charge in [0.1, 0.15) is 11.5 Å². The molecule has 0 saturated carbocycles. The van der Waals surface area contributed by atoms with Crippen LogP contribution in [0.15, 0.2) is 42.6 Å². The highest BCUT2D eigenvalue weighted by atomic mass is 16.2. The number of nitrogens with zero attached hydrogens (tertiary/aromatic N) is 2. The number of nitrogens with one attached hydrogen (secondary N) is 3. The van der Waals surface area contributed by atoms with E-state index in [-0.39, 0.29) is 11.8 Å². The molecule has 7 heteroatoms. The van der Waals surface area contributed by atoms with Crippen molar-refractivity contribution in [2.45, 2.75) is 6.92 Å². The van der Waals surface area contributed by atoms with Crippen LogP contribution in [0.25, 0.3) is 11.0 Å². The maximum atomic E-state index is 12.1. The fraction of sp³-hybridized carbons (Fsp3) is 0.176. The minimum Gasteiger partial charge on any atom is -0.350 e. The highest BCUT2D eigenvalue weighted by Crippen LogP contribution is 2.13. The van der Waals surface area contributed by atoms with E-state index in [0.717, 1.165) is 16.9 Å². The number of aromatic nitrogens is 3. The molecule has 2 amide bonds. The van der Waals surface area contributed by atoms with E-state index in [1.165, 1.54) is 0 Å². The molecule has 0 fully saturated rings. The van der Waals surface area contributed by atoms with Gasteiger partial charge in [0, 0.05) is 24.8 Å². The second-order valence-corrected chi connectivity index (χ2v) is 5.28. The molecule has 3 rings (SSSR count).